The van der Waals surface area contributed by atoms with Crippen molar-refractivity contribution in [1.29, 1.82) is 0 Å². The molecular weight excluding hydrogens is 283 g/mol. The van der Waals surface area contributed by atoms with E-state index in [2.05, 4.69) is 0 Å². The monoisotopic (exact) mass is 286 g/mol. The van der Waals surface area contributed by atoms with Crippen LogP contribution in [0.15, 0.2) is 17.0 Å². The lowest BCUT2D eigenvalue weighted by atomic mass is 10.4. The van der Waals surface area contributed by atoms with E-state index in [4.69, 9.17) is 39.4 Å². The summed E-state index contributed by atoms with van der Waals surface area (Å²) in [5.41, 5.74) is 0. The molecule has 14 heavy (non-hydrogen) atoms. The van der Waals surface area contributed by atoms with Crippen LogP contribution in [0.25, 0.3) is 0 Å². The molecule has 3 nitrogen and oxygen atoms in total. The summed E-state index contributed by atoms with van der Waals surface area (Å²) in [5.74, 6) is 0. The number of halogens is 3. The number of hydrogen-bond acceptors (Lipinski definition) is 2. The zero-order valence-electron chi connectivity index (χ0n) is 5.96. The van der Waals surface area contributed by atoms with Crippen molar-refractivity contribution in [2.45, 2.75) is 4.90 Å². The minimum atomic E-state index is -4.35. The van der Waals surface area contributed by atoms with Gasteiger partial charge in [0.1, 0.15) is 4.90 Å². The maximum Gasteiger partial charge on any atom is 0.316 e. The Balaban J connectivity index is 0.00000169. The summed E-state index contributed by atoms with van der Waals surface area (Å²) >= 11 is 16.6. The van der Waals surface area contributed by atoms with Crippen molar-refractivity contribution in [3.63, 3.8) is 0 Å². The zero-order valence-corrected chi connectivity index (χ0v) is 9.04. The Kier molecular flexibility index (Phi) is 5.49. The van der Waals surface area contributed by atoms with E-state index in [1.807, 2.05) is 0 Å². The van der Waals surface area contributed by atoms with Gasteiger partial charge in [-0.25, -0.2) is 0 Å². The molecule has 0 saturated heterocycles. The first-order chi connectivity index (χ1) is 5.84. The largest absolute Gasteiger partial charge is 0.316 e. The minimum Gasteiger partial charge on any atom is -0.282 e. The van der Waals surface area contributed by atoms with E-state index < -0.39 is 15.0 Å². The van der Waals surface area contributed by atoms with Gasteiger partial charge < -0.3 is 0 Å². The van der Waals surface area contributed by atoms with Crippen molar-refractivity contribution in [2.75, 3.05) is 0 Å². The topological polar surface area (TPSA) is 54.4 Å². The Morgan fingerprint density at radius 2 is 1.57 bits per heavy atom. The lowest BCUT2D eigenvalue weighted by Gasteiger charge is -2.03. The van der Waals surface area contributed by atoms with Crippen LogP contribution in [0, 0.1) is 0 Å². The second-order valence-electron chi connectivity index (χ2n) is 2.15. The van der Waals surface area contributed by atoms with Gasteiger partial charge in [0, 0.05) is 0 Å². The Morgan fingerprint density at radius 3 is 2.00 bits per heavy atom. The molecule has 76 valence electrons. The van der Waals surface area contributed by atoms with Crippen LogP contribution < -0.4 is 0 Å². The van der Waals surface area contributed by atoms with Gasteiger partial charge in [0.15, 0.2) is 0 Å². The first-order valence-corrected chi connectivity index (χ1v) is 5.52. The molecule has 0 spiro atoms. The van der Waals surface area contributed by atoms with Gasteiger partial charge in [-0.1, -0.05) is 34.8 Å². The van der Waals surface area contributed by atoms with Crippen LogP contribution in [0.2, 0.25) is 15.1 Å². The molecule has 0 atom stereocenters. The summed E-state index contributed by atoms with van der Waals surface area (Å²) in [4.78, 5) is -0.455. The molecule has 0 bridgehead atoms. The average Bonchev–Trinajstić information content (AvgIpc) is 1.98. The van der Waals surface area contributed by atoms with Gasteiger partial charge in [-0.05, 0) is 12.1 Å². The van der Waals surface area contributed by atoms with Crippen molar-refractivity contribution in [1.82, 2.24) is 0 Å². The molecular formula is C6H5Cl3MgO3S. The molecule has 0 heterocycles. The van der Waals surface area contributed by atoms with Gasteiger partial charge in [0.25, 0.3) is 10.1 Å². The first-order valence-electron chi connectivity index (χ1n) is 2.95. The predicted molar refractivity (Wildman–Crippen MR) is 59.8 cm³/mol. The second-order valence-corrected chi connectivity index (χ2v) is 4.70. The SMILES string of the molecule is O=S(=O)(O)c1ccc(Cl)c(Cl)c1Cl.[MgH2]. The van der Waals surface area contributed by atoms with E-state index in [0.29, 0.717) is 0 Å². The Hall–Kier alpha value is 0.766. The second kappa shape index (κ2) is 5.20. The number of rotatable bonds is 1. The molecule has 0 aliphatic carbocycles. The summed E-state index contributed by atoms with van der Waals surface area (Å²) in [6.45, 7) is 0. The Morgan fingerprint density at radius 1 is 1.07 bits per heavy atom. The van der Waals surface area contributed by atoms with Gasteiger partial charge in [-0.3, -0.25) is 4.55 Å². The fourth-order valence-electron chi connectivity index (χ4n) is 0.707. The molecule has 0 aliphatic rings. The normalized spacial score (nSPS) is 10.9. The molecule has 0 aromatic heterocycles. The Bertz CT molecular complexity index is 446. The molecule has 0 unspecified atom stereocenters. The maximum absolute atomic E-state index is 10.7. The van der Waals surface area contributed by atoms with E-state index in [9.17, 15) is 8.42 Å². The van der Waals surface area contributed by atoms with E-state index in [-0.39, 0.29) is 38.1 Å². The van der Waals surface area contributed by atoms with Crippen molar-refractivity contribution >= 4 is 68.0 Å². The number of benzene rings is 1. The fourth-order valence-corrected chi connectivity index (χ4v) is 2.16. The highest BCUT2D eigenvalue weighted by Crippen LogP contribution is 2.34. The van der Waals surface area contributed by atoms with Gasteiger partial charge in [-0.2, -0.15) is 8.42 Å². The molecule has 0 saturated carbocycles. The van der Waals surface area contributed by atoms with Crippen molar-refractivity contribution in [2.24, 2.45) is 0 Å². The van der Waals surface area contributed by atoms with Gasteiger partial charge >= 0.3 is 23.1 Å². The third kappa shape index (κ3) is 3.13. The van der Waals surface area contributed by atoms with Crippen LogP contribution in [0.3, 0.4) is 0 Å². The van der Waals surface area contributed by atoms with E-state index in [1.165, 1.54) is 6.07 Å². The quantitative estimate of drug-likeness (QED) is 0.488. The molecule has 0 amide bonds. The number of hydrogen-bond donors (Lipinski definition) is 1. The Labute approximate surface area is 112 Å². The third-order valence-corrected chi connectivity index (χ3v) is 3.58. The van der Waals surface area contributed by atoms with E-state index in [0.717, 1.165) is 6.07 Å². The predicted octanol–water partition coefficient (Wildman–Crippen LogP) is 1.98. The summed E-state index contributed by atoms with van der Waals surface area (Å²) in [6, 6.07) is 2.31. The smallest absolute Gasteiger partial charge is 0.282 e. The van der Waals surface area contributed by atoms with Gasteiger partial charge in [0.2, 0.25) is 0 Å². The van der Waals surface area contributed by atoms with E-state index in [1.54, 1.807) is 0 Å². The first kappa shape index (κ1) is 14.8. The third-order valence-electron chi connectivity index (χ3n) is 1.28. The van der Waals surface area contributed by atoms with Crippen LogP contribution in [-0.2, 0) is 10.1 Å². The zero-order chi connectivity index (χ0) is 10.2. The van der Waals surface area contributed by atoms with Crippen molar-refractivity contribution in [3.05, 3.63) is 27.2 Å². The fraction of sp³-hybridized carbons (Fsp3) is 0. The molecule has 1 aromatic carbocycles. The van der Waals surface area contributed by atoms with Crippen LogP contribution in [0.1, 0.15) is 0 Å². The van der Waals surface area contributed by atoms with Crippen LogP contribution in [-0.4, -0.2) is 36.0 Å². The van der Waals surface area contributed by atoms with Crippen molar-refractivity contribution < 1.29 is 13.0 Å². The summed E-state index contributed by atoms with van der Waals surface area (Å²) in [6.07, 6.45) is 0. The molecule has 0 fully saturated rings. The molecule has 1 rings (SSSR count). The van der Waals surface area contributed by atoms with Crippen LogP contribution >= 0.6 is 34.8 Å². The summed E-state index contributed by atoms with van der Waals surface area (Å²) in [5, 5.41) is -0.255. The van der Waals surface area contributed by atoms with Crippen LogP contribution in [0.5, 0.6) is 0 Å². The molecule has 1 aromatic rings. The highest BCUT2D eigenvalue weighted by molar-refractivity contribution is 7.86. The molecule has 1 N–H and O–H groups in total. The van der Waals surface area contributed by atoms with Gasteiger partial charge in [-0.15, -0.1) is 0 Å². The molecule has 8 heteroatoms. The van der Waals surface area contributed by atoms with Crippen molar-refractivity contribution in [3.8, 4) is 0 Å². The lowest BCUT2D eigenvalue weighted by molar-refractivity contribution is 0.483. The summed E-state index contributed by atoms with van der Waals surface area (Å²) < 4.78 is 30.0. The van der Waals surface area contributed by atoms with Crippen LogP contribution in [0.4, 0.5) is 0 Å². The maximum atomic E-state index is 10.7. The standard InChI is InChI=1S/C6H3Cl3O3S.Mg.2H/c7-3-1-2-4(13(10,11)12)6(9)5(3)8;;;/h1-2H,(H,10,11,12);;;. The minimum absolute atomic E-state index is 0. The van der Waals surface area contributed by atoms with E-state index >= 15 is 0 Å². The van der Waals surface area contributed by atoms with Gasteiger partial charge in [0.05, 0.1) is 15.1 Å². The molecule has 0 radical (unpaired) electrons. The highest BCUT2D eigenvalue weighted by atomic mass is 35.5. The summed E-state index contributed by atoms with van der Waals surface area (Å²) in [7, 11) is -4.35. The highest BCUT2D eigenvalue weighted by Gasteiger charge is 2.18. The lowest BCUT2D eigenvalue weighted by Crippen LogP contribution is -1.99. The average molecular weight is 288 g/mol. The molecule has 0 aliphatic heterocycles.